The predicted molar refractivity (Wildman–Crippen MR) is 108 cm³/mol. The quantitative estimate of drug-likeness (QED) is 0.788. The summed E-state index contributed by atoms with van der Waals surface area (Å²) < 4.78 is 45.5. The molecule has 1 atom stereocenters. The number of hydrogen-bond donors (Lipinski definition) is 1. The molecule has 0 saturated heterocycles. The van der Waals surface area contributed by atoms with Gasteiger partial charge in [0.2, 0.25) is 10.0 Å². The Morgan fingerprint density at radius 3 is 2.36 bits per heavy atom. The summed E-state index contributed by atoms with van der Waals surface area (Å²) in [6, 6.07) is 8.54. The van der Waals surface area contributed by atoms with Gasteiger partial charge in [-0.1, -0.05) is 19.9 Å². The lowest BCUT2D eigenvalue weighted by Gasteiger charge is -2.22. The molecule has 1 N–H and O–H groups in total. The maximum Gasteiger partial charge on any atom is 0.241 e. The minimum Gasteiger partial charge on any atom is -0.496 e. The monoisotopic (exact) mass is 405 g/mol. The van der Waals surface area contributed by atoms with Crippen molar-refractivity contribution in [2.24, 2.45) is 0 Å². The highest BCUT2D eigenvalue weighted by molar-refractivity contribution is 7.89. The Morgan fingerprint density at radius 2 is 1.71 bits per heavy atom. The van der Waals surface area contributed by atoms with Gasteiger partial charge >= 0.3 is 0 Å². The highest BCUT2D eigenvalue weighted by atomic mass is 32.2. The second-order valence-electron chi connectivity index (χ2n) is 7.26. The number of nitrogens with one attached hydrogen (secondary N) is 1. The molecule has 0 amide bonds. The first kappa shape index (κ1) is 20.5. The van der Waals surface area contributed by atoms with E-state index in [1.54, 1.807) is 26.2 Å². The van der Waals surface area contributed by atoms with Crippen LogP contribution in [0.3, 0.4) is 0 Å². The maximum atomic E-state index is 13.1. The molecule has 2 aromatic rings. The minimum absolute atomic E-state index is 0.139. The first-order valence-electron chi connectivity index (χ1n) is 9.33. The second kappa shape index (κ2) is 8.01. The molecule has 3 rings (SSSR count). The molecule has 0 aliphatic carbocycles. The van der Waals surface area contributed by atoms with Crippen molar-refractivity contribution in [1.82, 2.24) is 4.72 Å². The zero-order valence-corrected chi connectivity index (χ0v) is 17.7. The van der Waals surface area contributed by atoms with Crippen LogP contribution in [-0.2, 0) is 10.0 Å². The van der Waals surface area contributed by atoms with Crippen molar-refractivity contribution in [1.29, 1.82) is 0 Å². The molecule has 0 saturated carbocycles. The molecule has 0 fully saturated rings. The highest BCUT2D eigenvalue weighted by Gasteiger charge is 2.24. The van der Waals surface area contributed by atoms with Crippen LogP contribution in [0.5, 0.6) is 17.2 Å². The Kier molecular flexibility index (Phi) is 5.86. The van der Waals surface area contributed by atoms with Crippen molar-refractivity contribution in [3.63, 3.8) is 0 Å². The first-order chi connectivity index (χ1) is 13.2. The zero-order valence-electron chi connectivity index (χ0n) is 16.9. The van der Waals surface area contributed by atoms with Gasteiger partial charge in [0.05, 0.1) is 12.0 Å². The van der Waals surface area contributed by atoms with E-state index in [2.05, 4.69) is 4.72 Å². The van der Waals surface area contributed by atoms with E-state index in [0.29, 0.717) is 36.0 Å². The molecule has 0 aromatic heterocycles. The van der Waals surface area contributed by atoms with Crippen molar-refractivity contribution in [3.8, 4) is 17.2 Å². The smallest absolute Gasteiger partial charge is 0.241 e. The van der Waals surface area contributed by atoms with E-state index in [4.69, 9.17) is 14.2 Å². The van der Waals surface area contributed by atoms with E-state index < -0.39 is 16.1 Å². The fourth-order valence-corrected chi connectivity index (χ4v) is 4.78. The van der Waals surface area contributed by atoms with Gasteiger partial charge < -0.3 is 14.2 Å². The van der Waals surface area contributed by atoms with Crippen molar-refractivity contribution >= 4 is 10.0 Å². The number of benzene rings is 2. The predicted octanol–water partition coefficient (Wildman–Crippen LogP) is 3.94. The zero-order chi connectivity index (χ0) is 20.5. The normalized spacial score (nSPS) is 14.8. The van der Waals surface area contributed by atoms with Crippen LogP contribution in [0.15, 0.2) is 35.2 Å². The molecule has 0 radical (unpaired) electrons. The van der Waals surface area contributed by atoms with Crippen molar-refractivity contribution < 1.29 is 22.6 Å². The third-order valence-electron chi connectivity index (χ3n) is 4.84. The molecule has 0 spiro atoms. The molecule has 1 heterocycles. The Morgan fingerprint density at radius 1 is 1.04 bits per heavy atom. The summed E-state index contributed by atoms with van der Waals surface area (Å²) in [7, 11) is -2.12. The molecule has 0 bridgehead atoms. The Labute approximate surface area is 166 Å². The van der Waals surface area contributed by atoms with Crippen LogP contribution in [0.25, 0.3) is 0 Å². The lowest BCUT2D eigenvalue weighted by Crippen LogP contribution is -2.28. The fourth-order valence-electron chi connectivity index (χ4n) is 3.29. The van der Waals surface area contributed by atoms with Crippen LogP contribution >= 0.6 is 0 Å². The summed E-state index contributed by atoms with van der Waals surface area (Å²) >= 11 is 0. The average molecular weight is 406 g/mol. The molecule has 152 valence electrons. The third kappa shape index (κ3) is 4.10. The van der Waals surface area contributed by atoms with Gasteiger partial charge in [0.15, 0.2) is 11.5 Å². The summed E-state index contributed by atoms with van der Waals surface area (Å²) in [4.78, 5) is 0.265. The number of sulfonamides is 1. The van der Waals surface area contributed by atoms with Gasteiger partial charge in [-0.25, -0.2) is 13.1 Å². The Bertz CT molecular complexity index is 969. The first-order valence-corrected chi connectivity index (χ1v) is 10.8. The minimum atomic E-state index is -3.72. The van der Waals surface area contributed by atoms with Crippen molar-refractivity contribution in [2.45, 2.75) is 44.6 Å². The summed E-state index contributed by atoms with van der Waals surface area (Å²) in [5.41, 5.74) is 2.31. The molecule has 7 heteroatoms. The van der Waals surface area contributed by atoms with E-state index in [1.165, 1.54) is 0 Å². The molecule has 0 unspecified atom stereocenters. The molecular formula is C21H27NO5S. The van der Waals surface area contributed by atoms with Gasteiger partial charge in [-0.3, -0.25) is 0 Å². The molecule has 28 heavy (non-hydrogen) atoms. The number of rotatable bonds is 6. The van der Waals surface area contributed by atoms with Gasteiger partial charge in [-0.2, -0.15) is 0 Å². The number of ether oxygens (including phenoxy) is 3. The summed E-state index contributed by atoms with van der Waals surface area (Å²) in [6.07, 6.45) is 0. The van der Waals surface area contributed by atoms with Gasteiger partial charge in [0.1, 0.15) is 19.0 Å². The molecule has 1 aliphatic rings. The van der Waals surface area contributed by atoms with E-state index in [9.17, 15) is 8.42 Å². The van der Waals surface area contributed by atoms with Crippen LogP contribution in [0.1, 0.15) is 49.4 Å². The average Bonchev–Trinajstić information content (AvgIpc) is 2.66. The SMILES string of the molecule is COc1cc(C)c(S(=O)(=O)N[C@H](C)c2ccc3c(c2)OCCO3)cc1C(C)C. The fraction of sp³-hybridized carbons (Fsp3) is 0.429. The summed E-state index contributed by atoms with van der Waals surface area (Å²) in [5, 5.41) is 0. The van der Waals surface area contributed by atoms with Crippen LogP contribution in [0, 0.1) is 6.92 Å². The molecule has 6 nitrogen and oxygen atoms in total. The summed E-state index contributed by atoms with van der Waals surface area (Å²) in [5.74, 6) is 2.15. The lowest BCUT2D eigenvalue weighted by atomic mass is 10.0. The molecular weight excluding hydrogens is 378 g/mol. The summed E-state index contributed by atoms with van der Waals surface area (Å²) in [6.45, 7) is 8.60. The molecule has 2 aromatic carbocycles. The van der Waals surface area contributed by atoms with Crippen LogP contribution in [0.2, 0.25) is 0 Å². The Balaban J connectivity index is 1.90. The highest BCUT2D eigenvalue weighted by Crippen LogP contribution is 2.34. The van der Waals surface area contributed by atoms with E-state index in [-0.39, 0.29) is 10.8 Å². The van der Waals surface area contributed by atoms with Crippen LogP contribution in [-0.4, -0.2) is 28.7 Å². The Hall–Kier alpha value is -2.25. The number of aryl methyl sites for hydroxylation is 1. The van der Waals surface area contributed by atoms with Crippen LogP contribution < -0.4 is 18.9 Å². The number of methoxy groups -OCH3 is 1. The van der Waals surface area contributed by atoms with Gasteiger partial charge in [0, 0.05) is 6.04 Å². The van der Waals surface area contributed by atoms with E-state index >= 15 is 0 Å². The van der Waals surface area contributed by atoms with Gasteiger partial charge in [-0.05, 0) is 60.7 Å². The number of fused-ring (bicyclic) bond motifs is 1. The topological polar surface area (TPSA) is 73.9 Å². The van der Waals surface area contributed by atoms with Crippen LogP contribution in [0.4, 0.5) is 0 Å². The standard InChI is InChI=1S/C21H27NO5S/c1-13(2)17-12-21(14(3)10-19(17)25-5)28(23,24)22-15(4)16-6-7-18-20(11-16)27-9-8-26-18/h6-7,10-13,15,22H,8-9H2,1-5H3/t15-/m1/s1. The van der Waals surface area contributed by atoms with Gasteiger partial charge in [0.25, 0.3) is 0 Å². The van der Waals surface area contributed by atoms with Crippen molar-refractivity contribution in [3.05, 3.63) is 47.0 Å². The largest absolute Gasteiger partial charge is 0.496 e. The second-order valence-corrected chi connectivity index (χ2v) is 8.94. The molecule has 1 aliphatic heterocycles. The number of hydrogen-bond acceptors (Lipinski definition) is 5. The maximum absolute atomic E-state index is 13.1. The lowest BCUT2D eigenvalue weighted by molar-refractivity contribution is 0.171. The van der Waals surface area contributed by atoms with Gasteiger partial charge in [-0.15, -0.1) is 0 Å². The third-order valence-corrected chi connectivity index (χ3v) is 6.52. The van der Waals surface area contributed by atoms with Crippen molar-refractivity contribution in [2.75, 3.05) is 20.3 Å². The van der Waals surface area contributed by atoms with E-state index in [1.807, 2.05) is 39.0 Å². The van der Waals surface area contributed by atoms with E-state index in [0.717, 1.165) is 11.1 Å².